The molecular formula is C18H18Cl2N4O3. The van der Waals surface area contributed by atoms with Gasteiger partial charge in [0.05, 0.1) is 26.2 Å². The van der Waals surface area contributed by atoms with E-state index in [1.54, 1.807) is 30.3 Å². The van der Waals surface area contributed by atoms with Crippen LogP contribution in [0.25, 0.3) is 0 Å². The molecule has 0 aromatic heterocycles. The Morgan fingerprint density at radius 3 is 2.41 bits per heavy atom. The Morgan fingerprint density at radius 2 is 1.78 bits per heavy atom. The van der Waals surface area contributed by atoms with Crippen LogP contribution in [0.2, 0.25) is 10.0 Å². The molecular weight excluding hydrogens is 391 g/mol. The molecule has 2 aromatic rings. The van der Waals surface area contributed by atoms with Gasteiger partial charge < -0.3 is 15.1 Å². The number of carbonyl (C=O) groups is 1. The van der Waals surface area contributed by atoms with Gasteiger partial charge >= 0.3 is 0 Å². The van der Waals surface area contributed by atoms with Crippen molar-refractivity contribution in [3.63, 3.8) is 0 Å². The summed E-state index contributed by atoms with van der Waals surface area (Å²) in [5.41, 5.74) is 0.961. The maximum absolute atomic E-state index is 12.5. The molecule has 1 aliphatic rings. The molecule has 3 rings (SSSR count). The van der Waals surface area contributed by atoms with E-state index in [9.17, 15) is 14.9 Å². The van der Waals surface area contributed by atoms with Gasteiger partial charge in [-0.3, -0.25) is 14.9 Å². The van der Waals surface area contributed by atoms with E-state index in [1.165, 1.54) is 6.07 Å². The number of anilines is 2. The predicted molar refractivity (Wildman–Crippen MR) is 107 cm³/mol. The van der Waals surface area contributed by atoms with Crippen LogP contribution in [-0.4, -0.2) is 49.0 Å². The summed E-state index contributed by atoms with van der Waals surface area (Å²) in [5.74, 6) is -0.430. The highest BCUT2D eigenvalue weighted by Crippen LogP contribution is 2.37. The number of hydrogen-bond donors (Lipinski definition) is 1. The van der Waals surface area contributed by atoms with Crippen LogP contribution in [0, 0.1) is 10.1 Å². The number of nitrogens with one attached hydrogen (secondary N) is 1. The lowest BCUT2D eigenvalue weighted by Gasteiger charge is -2.33. The predicted octanol–water partition coefficient (Wildman–Crippen LogP) is 3.91. The number of nitro groups is 1. The molecule has 0 radical (unpaired) electrons. The van der Waals surface area contributed by atoms with E-state index in [2.05, 4.69) is 10.2 Å². The lowest BCUT2D eigenvalue weighted by Crippen LogP contribution is -2.44. The monoisotopic (exact) mass is 408 g/mol. The van der Waals surface area contributed by atoms with Crippen LogP contribution in [0.4, 0.5) is 17.1 Å². The molecule has 0 atom stereocenters. The topological polar surface area (TPSA) is 78.7 Å². The number of nitrogens with zero attached hydrogens (tertiary/aromatic N) is 3. The minimum absolute atomic E-state index is 0.0831. The Balaban J connectivity index is 1.94. The van der Waals surface area contributed by atoms with Crippen molar-refractivity contribution in [1.82, 2.24) is 4.90 Å². The van der Waals surface area contributed by atoms with E-state index in [0.717, 1.165) is 13.1 Å². The lowest BCUT2D eigenvalue weighted by atomic mass is 10.1. The lowest BCUT2D eigenvalue weighted by molar-refractivity contribution is -0.384. The number of halogens is 2. The molecule has 1 fully saturated rings. The summed E-state index contributed by atoms with van der Waals surface area (Å²) in [6, 6.07) is 9.47. The zero-order valence-corrected chi connectivity index (χ0v) is 16.1. The van der Waals surface area contributed by atoms with Gasteiger partial charge in [-0.2, -0.15) is 0 Å². The number of likely N-dealkylation sites (N-methyl/N-ethyl adjacent to an activating group) is 1. The zero-order chi connectivity index (χ0) is 19.6. The van der Waals surface area contributed by atoms with Crippen molar-refractivity contribution in [2.75, 3.05) is 43.4 Å². The summed E-state index contributed by atoms with van der Waals surface area (Å²) in [7, 11) is 2.00. The first-order chi connectivity index (χ1) is 12.9. The smallest absolute Gasteiger partial charge is 0.294 e. The van der Waals surface area contributed by atoms with Crippen LogP contribution in [0.1, 0.15) is 10.4 Å². The highest BCUT2D eigenvalue weighted by atomic mass is 35.5. The Hall–Kier alpha value is -2.35. The highest BCUT2D eigenvalue weighted by Gasteiger charge is 2.25. The Labute approximate surface area is 166 Å². The van der Waals surface area contributed by atoms with Crippen molar-refractivity contribution in [3.05, 3.63) is 62.1 Å². The number of nitro benzene ring substituents is 1. The summed E-state index contributed by atoms with van der Waals surface area (Å²) in [6.45, 7) is 2.88. The molecule has 0 aliphatic carbocycles. The SMILES string of the molecule is CN1CCN(c2cc(NC(=O)c3ccccc3Cl)c(Cl)cc2[N+](=O)[O-])CC1. The maximum Gasteiger partial charge on any atom is 0.294 e. The van der Waals surface area contributed by atoms with Gasteiger partial charge in [0, 0.05) is 32.2 Å². The van der Waals surface area contributed by atoms with E-state index >= 15 is 0 Å². The molecule has 1 aliphatic heterocycles. The summed E-state index contributed by atoms with van der Waals surface area (Å²) < 4.78 is 0. The summed E-state index contributed by atoms with van der Waals surface area (Å²) in [4.78, 5) is 27.6. The van der Waals surface area contributed by atoms with E-state index in [4.69, 9.17) is 23.2 Å². The van der Waals surface area contributed by atoms with Crippen molar-refractivity contribution in [2.24, 2.45) is 0 Å². The van der Waals surface area contributed by atoms with E-state index in [1.807, 2.05) is 11.9 Å². The second-order valence-electron chi connectivity index (χ2n) is 6.30. The van der Waals surface area contributed by atoms with Gasteiger partial charge in [0.1, 0.15) is 5.69 Å². The first kappa shape index (κ1) is 19.4. The second kappa shape index (κ2) is 8.12. The molecule has 27 heavy (non-hydrogen) atoms. The van der Waals surface area contributed by atoms with Gasteiger partial charge in [0.15, 0.2) is 0 Å². The maximum atomic E-state index is 12.5. The summed E-state index contributed by atoms with van der Waals surface area (Å²) in [5, 5.41) is 14.6. The third-order valence-corrected chi connectivity index (χ3v) is 5.11. The number of amides is 1. The van der Waals surface area contributed by atoms with Crippen LogP contribution in [-0.2, 0) is 0 Å². The molecule has 0 bridgehead atoms. The zero-order valence-electron chi connectivity index (χ0n) is 14.6. The Kier molecular flexibility index (Phi) is 5.84. The molecule has 1 amide bonds. The fourth-order valence-corrected chi connectivity index (χ4v) is 3.36. The van der Waals surface area contributed by atoms with Crippen molar-refractivity contribution >= 4 is 46.2 Å². The fraction of sp³-hybridized carbons (Fsp3) is 0.278. The number of hydrogen-bond acceptors (Lipinski definition) is 5. The molecule has 142 valence electrons. The van der Waals surface area contributed by atoms with E-state index in [-0.39, 0.29) is 10.7 Å². The average molecular weight is 409 g/mol. The largest absolute Gasteiger partial charge is 0.363 e. The minimum Gasteiger partial charge on any atom is -0.363 e. The molecule has 0 spiro atoms. The fourth-order valence-electron chi connectivity index (χ4n) is 2.93. The molecule has 0 saturated carbocycles. The number of rotatable bonds is 4. The number of piperazine rings is 1. The van der Waals surface area contributed by atoms with Crippen LogP contribution in [0.3, 0.4) is 0 Å². The van der Waals surface area contributed by atoms with Crippen molar-refractivity contribution in [2.45, 2.75) is 0 Å². The second-order valence-corrected chi connectivity index (χ2v) is 7.12. The highest BCUT2D eigenvalue weighted by molar-refractivity contribution is 6.36. The molecule has 2 aromatic carbocycles. The quantitative estimate of drug-likeness (QED) is 0.612. The van der Waals surface area contributed by atoms with Gasteiger partial charge in [-0.1, -0.05) is 35.3 Å². The normalized spacial score (nSPS) is 14.9. The third kappa shape index (κ3) is 4.32. The standard InChI is InChI=1S/C18H18Cl2N4O3/c1-22-6-8-23(9-7-22)16-11-15(14(20)10-17(16)24(26)27)21-18(25)12-4-2-3-5-13(12)19/h2-5,10-11H,6-9H2,1H3,(H,21,25). The van der Waals surface area contributed by atoms with Gasteiger partial charge in [-0.15, -0.1) is 0 Å². The number of carbonyl (C=O) groups excluding carboxylic acids is 1. The molecule has 0 unspecified atom stereocenters. The molecule has 1 saturated heterocycles. The molecule has 1 heterocycles. The molecule has 7 nitrogen and oxygen atoms in total. The van der Waals surface area contributed by atoms with Gasteiger partial charge in [0.25, 0.3) is 11.6 Å². The van der Waals surface area contributed by atoms with Crippen molar-refractivity contribution in [3.8, 4) is 0 Å². The van der Waals surface area contributed by atoms with Gasteiger partial charge in [-0.25, -0.2) is 0 Å². The Morgan fingerprint density at radius 1 is 1.11 bits per heavy atom. The summed E-state index contributed by atoms with van der Waals surface area (Å²) >= 11 is 12.3. The van der Waals surface area contributed by atoms with Crippen LogP contribution in [0.5, 0.6) is 0 Å². The average Bonchev–Trinajstić information content (AvgIpc) is 2.64. The van der Waals surface area contributed by atoms with Gasteiger partial charge in [0.2, 0.25) is 0 Å². The third-order valence-electron chi connectivity index (χ3n) is 4.47. The van der Waals surface area contributed by atoms with E-state index < -0.39 is 10.8 Å². The van der Waals surface area contributed by atoms with Gasteiger partial charge in [-0.05, 0) is 25.2 Å². The first-order valence-electron chi connectivity index (χ1n) is 8.34. The number of benzene rings is 2. The first-order valence-corrected chi connectivity index (χ1v) is 9.09. The van der Waals surface area contributed by atoms with E-state index in [0.29, 0.717) is 35.1 Å². The van der Waals surface area contributed by atoms with Crippen LogP contribution in [0.15, 0.2) is 36.4 Å². The Bertz CT molecular complexity index is 883. The van der Waals surface area contributed by atoms with Crippen molar-refractivity contribution < 1.29 is 9.72 Å². The van der Waals surface area contributed by atoms with Crippen LogP contribution < -0.4 is 10.2 Å². The minimum atomic E-state index is -0.459. The summed E-state index contributed by atoms with van der Waals surface area (Å²) in [6.07, 6.45) is 0. The van der Waals surface area contributed by atoms with Crippen molar-refractivity contribution in [1.29, 1.82) is 0 Å². The molecule has 1 N–H and O–H groups in total. The van der Waals surface area contributed by atoms with Crippen LogP contribution >= 0.6 is 23.2 Å². The molecule has 9 heteroatoms.